The van der Waals surface area contributed by atoms with Crippen molar-refractivity contribution in [3.05, 3.63) is 90.3 Å². The highest BCUT2D eigenvalue weighted by Gasteiger charge is 2.34. The molecule has 1 saturated heterocycles. The molecular formula is C25H16Br2Cl2N2O4S. The van der Waals surface area contributed by atoms with E-state index >= 15 is 0 Å². The molecule has 0 aromatic heterocycles. The van der Waals surface area contributed by atoms with E-state index < -0.39 is 11.8 Å². The van der Waals surface area contributed by atoms with Gasteiger partial charge in [-0.25, -0.2) is 0 Å². The van der Waals surface area contributed by atoms with E-state index in [0.717, 1.165) is 5.56 Å². The van der Waals surface area contributed by atoms with Crippen LogP contribution in [0.25, 0.3) is 6.08 Å². The van der Waals surface area contributed by atoms with Crippen LogP contribution in [0.4, 0.5) is 5.69 Å². The summed E-state index contributed by atoms with van der Waals surface area (Å²) in [5.74, 6) is -0.337. The number of hydrogen-bond donors (Lipinski definition) is 1. The third-order valence-corrected chi connectivity index (χ3v) is 8.33. The highest BCUT2D eigenvalue weighted by atomic mass is 79.9. The molecule has 1 N–H and O–H groups in total. The monoisotopic (exact) mass is 668 g/mol. The average Bonchev–Trinajstić information content (AvgIpc) is 2.86. The number of carbonyl (C=O) groups is 2. The van der Waals surface area contributed by atoms with Gasteiger partial charge in [-0.2, -0.15) is 0 Å². The standard InChI is InChI=1S/C25H16Br2Cl2N2O4S/c1-34-19-11-14(20(26)21(27)22(19)35-12-13-7-8-17(28)18(29)9-13)10-16-23(32)30-25(36)31(24(16)33)15-5-3-2-4-6-15/h2-11H,12H2,1H3,(H,30,32,36)/b16-10+. The highest BCUT2D eigenvalue weighted by molar-refractivity contribution is 9.13. The first-order valence-corrected chi connectivity index (χ1v) is 13.1. The van der Waals surface area contributed by atoms with Gasteiger partial charge >= 0.3 is 0 Å². The molecule has 0 bridgehead atoms. The van der Waals surface area contributed by atoms with Crippen LogP contribution in [0, 0.1) is 0 Å². The SMILES string of the molecule is COc1cc(/C=C2\C(=O)NC(=S)N(c3ccccc3)C2=O)c(Br)c(Br)c1OCc1ccc(Cl)c(Cl)c1. The predicted octanol–water partition coefficient (Wildman–Crippen LogP) is 6.94. The number of benzene rings is 3. The van der Waals surface area contributed by atoms with Crippen molar-refractivity contribution in [1.82, 2.24) is 5.32 Å². The van der Waals surface area contributed by atoms with Gasteiger partial charge in [0.1, 0.15) is 12.2 Å². The smallest absolute Gasteiger partial charge is 0.270 e. The number of anilines is 1. The molecule has 36 heavy (non-hydrogen) atoms. The number of rotatable bonds is 6. The first-order valence-electron chi connectivity index (χ1n) is 10.3. The highest BCUT2D eigenvalue weighted by Crippen LogP contribution is 2.44. The number of methoxy groups -OCH3 is 1. The van der Waals surface area contributed by atoms with Gasteiger partial charge in [-0.3, -0.25) is 19.8 Å². The fourth-order valence-electron chi connectivity index (χ4n) is 3.41. The first kappa shape index (κ1) is 26.6. The summed E-state index contributed by atoms with van der Waals surface area (Å²) in [5, 5.41) is 3.46. The van der Waals surface area contributed by atoms with Crippen LogP contribution in [0.3, 0.4) is 0 Å². The Morgan fingerprint density at radius 3 is 2.42 bits per heavy atom. The predicted molar refractivity (Wildman–Crippen MR) is 152 cm³/mol. The van der Waals surface area contributed by atoms with Gasteiger partial charge in [-0.1, -0.05) is 47.5 Å². The summed E-state index contributed by atoms with van der Waals surface area (Å²) in [6, 6.07) is 15.7. The topological polar surface area (TPSA) is 67.9 Å². The molecule has 3 aromatic rings. The molecule has 0 atom stereocenters. The lowest BCUT2D eigenvalue weighted by atomic mass is 10.1. The van der Waals surface area contributed by atoms with Crippen LogP contribution in [0.2, 0.25) is 10.0 Å². The van der Waals surface area contributed by atoms with E-state index in [4.69, 9.17) is 44.9 Å². The summed E-state index contributed by atoms with van der Waals surface area (Å²) in [5.41, 5.74) is 1.77. The molecule has 0 saturated carbocycles. The Kier molecular flexibility index (Phi) is 8.37. The van der Waals surface area contributed by atoms with Gasteiger partial charge in [0.15, 0.2) is 16.6 Å². The summed E-state index contributed by atoms with van der Waals surface area (Å²) >= 11 is 24.4. The molecule has 1 fully saturated rings. The fourth-order valence-corrected chi connectivity index (χ4v) is 4.95. The van der Waals surface area contributed by atoms with Crippen LogP contribution >= 0.6 is 67.3 Å². The third kappa shape index (κ3) is 5.45. The maximum absolute atomic E-state index is 13.3. The van der Waals surface area contributed by atoms with Crippen LogP contribution in [-0.4, -0.2) is 24.0 Å². The van der Waals surface area contributed by atoms with E-state index in [9.17, 15) is 9.59 Å². The molecule has 4 rings (SSSR count). The number of amides is 2. The Balaban J connectivity index is 1.68. The maximum Gasteiger partial charge on any atom is 0.270 e. The zero-order valence-corrected chi connectivity index (χ0v) is 24.0. The van der Waals surface area contributed by atoms with Crippen LogP contribution in [-0.2, 0) is 16.2 Å². The van der Waals surface area contributed by atoms with Crippen molar-refractivity contribution in [3.63, 3.8) is 0 Å². The molecule has 11 heteroatoms. The summed E-state index contributed by atoms with van der Waals surface area (Å²) in [4.78, 5) is 27.3. The number of para-hydroxylation sites is 1. The van der Waals surface area contributed by atoms with Gasteiger partial charge in [0.05, 0.1) is 27.3 Å². The number of halogens is 4. The number of nitrogens with one attached hydrogen (secondary N) is 1. The van der Waals surface area contributed by atoms with Crippen molar-refractivity contribution in [2.45, 2.75) is 6.61 Å². The zero-order chi connectivity index (χ0) is 26.0. The van der Waals surface area contributed by atoms with Crippen molar-refractivity contribution in [2.75, 3.05) is 12.0 Å². The Hall–Kier alpha value is -2.43. The van der Waals surface area contributed by atoms with Crippen LogP contribution < -0.4 is 19.7 Å². The lowest BCUT2D eigenvalue weighted by Gasteiger charge is -2.29. The van der Waals surface area contributed by atoms with Gasteiger partial charge < -0.3 is 9.47 Å². The van der Waals surface area contributed by atoms with E-state index in [-0.39, 0.29) is 17.3 Å². The molecule has 1 heterocycles. The van der Waals surface area contributed by atoms with Crippen LogP contribution in [0.1, 0.15) is 11.1 Å². The van der Waals surface area contributed by atoms with Gasteiger partial charge in [-0.05, 0) is 91.6 Å². The van der Waals surface area contributed by atoms with Crippen molar-refractivity contribution in [1.29, 1.82) is 0 Å². The zero-order valence-electron chi connectivity index (χ0n) is 18.5. The average molecular weight is 671 g/mol. The lowest BCUT2D eigenvalue weighted by molar-refractivity contribution is -0.122. The van der Waals surface area contributed by atoms with E-state index in [1.807, 2.05) is 6.07 Å². The second kappa shape index (κ2) is 11.3. The number of thiocarbonyl (C=S) groups is 1. The van der Waals surface area contributed by atoms with Crippen molar-refractivity contribution >= 4 is 96.0 Å². The molecule has 3 aromatic carbocycles. The first-order chi connectivity index (χ1) is 17.2. The summed E-state index contributed by atoms with van der Waals surface area (Å²) in [7, 11) is 1.49. The largest absolute Gasteiger partial charge is 0.493 e. The molecule has 1 aliphatic rings. The van der Waals surface area contributed by atoms with Gasteiger partial charge in [0.25, 0.3) is 11.8 Å². The van der Waals surface area contributed by atoms with Crippen molar-refractivity contribution in [3.8, 4) is 11.5 Å². The van der Waals surface area contributed by atoms with Gasteiger partial charge in [-0.15, -0.1) is 0 Å². The van der Waals surface area contributed by atoms with Crippen LogP contribution in [0.15, 0.2) is 69.1 Å². The Morgan fingerprint density at radius 1 is 1.03 bits per heavy atom. The van der Waals surface area contributed by atoms with Gasteiger partial charge in [0, 0.05) is 4.47 Å². The quantitative estimate of drug-likeness (QED) is 0.175. The van der Waals surface area contributed by atoms with Crippen molar-refractivity contribution in [2.24, 2.45) is 0 Å². The molecule has 0 spiro atoms. The van der Waals surface area contributed by atoms with E-state index in [1.165, 1.54) is 18.1 Å². The summed E-state index contributed by atoms with van der Waals surface area (Å²) in [6.07, 6.45) is 1.47. The lowest BCUT2D eigenvalue weighted by Crippen LogP contribution is -2.54. The van der Waals surface area contributed by atoms with E-state index in [0.29, 0.717) is 41.7 Å². The number of carbonyl (C=O) groups excluding carboxylic acids is 2. The minimum absolute atomic E-state index is 0.0113. The summed E-state index contributed by atoms with van der Waals surface area (Å²) in [6.45, 7) is 0.198. The number of ether oxygens (including phenoxy) is 2. The third-order valence-electron chi connectivity index (χ3n) is 5.16. The molecular weight excluding hydrogens is 655 g/mol. The molecule has 0 radical (unpaired) electrons. The summed E-state index contributed by atoms with van der Waals surface area (Å²) < 4.78 is 12.6. The molecule has 0 aliphatic carbocycles. The Labute approximate surface area is 239 Å². The molecule has 1 aliphatic heterocycles. The second-order valence-corrected chi connectivity index (χ2v) is 10.2. The van der Waals surface area contributed by atoms with E-state index in [1.54, 1.807) is 48.5 Å². The normalized spacial score (nSPS) is 14.8. The van der Waals surface area contributed by atoms with Crippen LogP contribution in [0.5, 0.6) is 11.5 Å². The molecule has 6 nitrogen and oxygen atoms in total. The molecule has 0 unspecified atom stereocenters. The van der Waals surface area contributed by atoms with Gasteiger partial charge in [0.2, 0.25) is 0 Å². The number of hydrogen-bond acceptors (Lipinski definition) is 5. The van der Waals surface area contributed by atoms with E-state index in [2.05, 4.69) is 37.2 Å². The Bertz CT molecular complexity index is 1420. The Morgan fingerprint density at radius 2 is 1.75 bits per heavy atom. The minimum Gasteiger partial charge on any atom is -0.493 e. The fraction of sp³-hybridized carbons (Fsp3) is 0.0800. The van der Waals surface area contributed by atoms with Crippen molar-refractivity contribution < 1.29 is 19.1 Å². The molecule has 184 valence electrons. The maximum atomic E-state index is 13.3. The minimum atomic E-state index is -0.598. The number of nitrogens with zero attached hydrogens (tertiary/aromatic N) is 1. The second-order valence-electron chi connectivity index (χ2n) is 7.46. The molecule has 2 amide bonds.